The Labute approximate surface area is 129 Å². The van der Waals surface area contributed by atoms with Crippen LogP contribution in [0.1, 0.15) is 0 Å². The summed E-state index contributed by atoms with van der Waals surface area (Å²) in [5.41, 5.74) is 0.0342. The molecule has 0 unspecified atom stereocenters. The fourth-order valence-electron chi connectivity index (χ4n) is 1.45. The van der Waals surface area contributed by atoms with Crippen LogP contribution in [0.3, 0.4) is 0 Å². The van der Waals surface area contributed by atoms with Crippen molar-refractivity contribution in [2.24, 2.45) is 0 Å². The molecule has 0 spiro atoms. The summed E-state index contributed by atoms with van der Waals surface area (Å²) in [5, 5.41) is 10.5. The van der Waals surface area contributed by atoms with Gasteiger partial charge in [-0.15, -0.1) is 6.42 Å². The Bertz CT molecular complexity index is 468. The van der Waals surface area contributed by atoms with Gasteiger partial charge in [0.05, 0.1) is 38.0 Å². The topological polar surface area (TPSA) is 80.1 Å². The van der Waals surface area contributed by atoms with E-state index in [1.165, 1.54) is 12.1 Å². The Morgan fingerprint density at radius 2 is 1.50 bits per heavy atom. The average molecular weight is 309 g/mol. The molecule has 7 nitrogen and oxygen atoms in total. The second-order valence-corrected chi connectivity index (χ2v) is 4.08. The Balaban J connectivity index is 1.95. The van der Waals surface area contributed by atoms with Crippen LogP contribution in [0, 0.1) is 22.5 Å². The molecule has 0 aliphatic heterocycles. The number of nitrogens with zero attached hydrogens (tertiary/aromatic N) is 1. The molecule has 0 N–H and O–H groups in total. The van der Waals surface area contributed by atoms with Crippen molar-refractivity contribution in [2.75, 3.05) is 46.2 Å². The lowest BCUT2D eigenvalue weighted by atomic mass is 10.3. The molecule has 0 aliphatic carbocycles. The first-order chi connectivity index (χ1) is 10.7. The summed E-state index contributed by atoms with van der Waals surface area (Å²) in [6, 6.07) is 5.90. The molecular formula is C15H19NO6. The predicted molar refractivity (Wildman–Crippen MR) is 79.9 cm³/mol. The van der Waals surface area contributed by atoms with Crippen molar-refractivity contribution in [3.8, 4) is 18.1 Å². The summed E-state index contributed by atoms with van der Waals surface area (Å²) in [5.74, 6) is 2.93. The first-order valence-electron chi connectivity index (χ1n) is 6.78. The normalized spacial score (nSPS) is 10.1. The van der Waals surface area contributed by atoms with Crippen molar-refractivity contribution in [1.29, 1.82) is 0 Å². The van der Waals surface area contributed by atoms with Crippen molar-refractivity contribution in [3.05, 3.63) is 34.4 Å². The third-order valence-electron chi connectivity index (χ3n) is 2.47. The van der Waals surface area contributed by atoms with Crippen molar-refractivity contribution >= 4 is 5.69 Å². The van der Waals surface area contributed by atoms with Gasteiger partial charge in [0.1, 0.15) is 19.0 Å². The van der Waals surface area contributed by atoms with E-state index in [0.29, 0.717) is 52.0 Å². The zero-order chi connectivity index (χ0) is 16.0. The molecule has 0 radical (unpaired) electrons. The van der Waals surface area contributed by atoms with E-state index in [-0.39, 0.29) is 5.69 Å². The van der Waals surface area contributed by atoms with Crippen LogP contribution >= 0.6 is 0 Å². The molecule has 0 amide bonds. The van der Waals surface area contributed by atoms with Gasteiger partial charge in [-0.1, -0.05) is 5.92 Å². The molecule has 7 heteroatoms. The lowest BCUT2D eigenvalue weighted by Crippen LogP contribution is -2.12. The van der Waals surface area contributed by atoms with Gasteiger partial charge < -0.3 is 18.9 Å². The van der Waals surface area contributed by atoms with Gasteiger partial charge in [-0.05, 0) is 12.1 Å². The van der Waals surface area contributed by atoms with Crippen LogP contribution in [0.25, 0.3) is 0 Å². The number of hydrogen-bond acceptors (Lipinski definition) is 6. The van der Waals surface area contributed by atoms with Gasteiger partial charge in [0.15, 0.2) is 0 Å². The molecular weight excluding hydrogens is 290 g/mol. The second-order valence-electron chi connectivity index (χ2n) is 4.08. The van der Waals surface area contributed by atoms with Crippen LogP contribution in [0.4, 0.5) is 5.69 Å². The molecule has 0 aliphatic rings. The minimum atomic E-state index is -0.454. The Morgan fingerprint density at radius 1 is 0.955 bits per heavy atom. The molecule has 0 bridgehead atoms. The van der Waals surface area contributed by atoms with E-state index in [1.807, 2.05) is 0 Å². The molecule has 0 fully saturated rings. The summed E-state index contributed by atoms with van der Waals surface area (Å²) >= 11 is 0. The molecule has 0 aromatic heterocycles. The van der Waals surface area contributed by atoms with Gasteiger partial charge in [0.25, 0.3) is 5.69 Å². The zero-order valence-corrected chi connectivity index (χ0v) is 12.2. The van der Waals surface area contributed by atoms with Crippen LogP contribution in [0.15, 0.2) is 24.3 Å². The smallest absolute Gasteiger partial charge is 0.269 e. The van der Waals surface area contributed by atoms with E-state index in [4.69, 9.17) is 25.4 Å². The van der Waals surface area contributed by atoms with Crippen molar-refractivity contribution in [1.82, 2.24) is 0 Å². The maximum atomic E-state index is 10.5. The summed E-state index contributed by atoms with van der Waals surface area (Å²) in [6.45, 7) is 2.93. The fraction of sp³-hybridized carbons (Fsp3) is 0.467. The minimum absolute atomic E-state index is 0.0342. The van der Waals surface area contributed by atoms with Crippen LogP contribution in [-0.2, 0) is 14.2 Å². The Kier molecular flexibility index (Phi) is 9.37. The first-order valence-corrected chi connectivity index (χ1v) is 6.78. The fourth-order valence-corrected chi connectivity index (χ4v) is 1.45. The molecule has 120 valence electrons. The lowest BCUT2D eigenvalue weighted by Gasteiger charge is -2.07. The average Bonchev–Trinajstić information content (AvgIpc) is 2.53. The van der Waals surface area contributed by atoms with Crippen LogP contribution in [-0.4, -0.2) is 51.2 Å². The zero-order valence-electron chi connectivity index (χ0n) is 12.2. The van der Waals surface area contributed by atoms with E-state index in [2.05, 4.69) is 5.92 Å². The van der Waals surface area contributed by atoms with Gasteiger partial charge in [0, 0.05) is 12.1 Å². The molecule has 0 heterocycles. The van der Waals surface area contributed by atoms with Gasteiger partial charge in [0.2, 0.25) is 0 Å². The molecule has 1 rings (SSSR count). The SMILES string of the molecule is C#CCOCCOCCOCCOc1ccc([N+](=O)[O-])cc1. The van der Waals surface area contributed by atoms with Crippen molar-refractivity contribution < 1.29 is 23.9 Å². The highest BCUT2D eigenvalue weighted by Gasteiger charge is 2.03. The first kappa shape index (κ1) is 17.9. The molecule has 1 aromatic rings. The van der Waals surface area contributed by atoms with E-state index in [9.17, 15) is 10.1 Å². The molecule has 0 atom stereocenters. The summed E-state index contributed by atoms with van der Waals surface area (Å²) in [6.07, 6.45) is 5.02. The molecule has 22 heavy (non-hydrogen) atoms. The van der Waals surface area contributed by atoms with Gasteiger partial charge >= 0.3 is 0 Å². The highest BCUT2D eigenvalue weighted by Crippen LogP contribution is 2.16. The van der Waals surface area contributed by atoms with Crippen molar-refractivity contribution in [3.63, 3.8) is 0 Å². The number of hydrogen-bond donors (Lipinski definition) is 0. The third-order valence-corrected chi connectivity index (χ3v) is 2.47. The standard InChI is InChI=1S/C15H19NO6/c1-2-7-19-8-9-20-10-11-21-12-13-22-15-5-3-14(4-6-15)16(17)18/h1,3-6H,7-13H2. The quantitative estimate of drug-likeness (QED) is 0.253. The summed E-state index contributed by atoms with van der Waals surface area (Å²) < 4.78 is 21.0. The van der Waals surface area contributed by atoms with Crippen LogP contribution in [0.2, 0.25) is 0 Å². The molecule has 0 saturated carbocycles. The number of non-ortho nitro benzene ring substituents is 1. The van der Waals surface area contributed by atoms with E-state index < -0.39 is 4.92 Å². The highest BCUT2D eigenvalue weighted by atomic mass is 16.6. The maximum Gasteiger partial charge on any atom is 0.269 e. The van der Waals surface area contributed by atoms with E-state index >= 15 is 0 Å². The van der Waals surface area contributed by atoms with Gasteiger partial charge in [-0.3, -0.25) is 10.1 Å². The second kappa shape index (κ2) is 11.5. The van der Waals surface area contributed by atoms with E-state index in [0.717, 1.165) is 0 Å². The van der Waals surface area contributed by atoms with Gasteiger partial charge in [-0.25, -0.2) is 0 Å². The largest absolute Gasteiger partial charge is 0.491 e. The van der Waals surface area contributed by atoms with E-state index in [1.54, 1.807) is 12.1 Å². The van der Waals surface area contributed by atoms with Crippen molar-refractivity contribution in [2.45, 2.75) is 0 Å². The number of nitro benzene ring substituents is 1. The molecule has 1 aromatic carbocycles. The predicted octanol–water partition coefficient (Wildman–Crippen LogP) is 1.66. The Morgan fingerprint density at radius 3 is 2.05 bits per heavy atom. The monoisotopic (exact) mass is 309 g/mol. The Hall–Kier alpha value is -2.14. The lowest BCUT2D eigenvalue weighted by molar-refractivity contribution is -0.384. The third kappa shape index (κ3) is 8.21. The number of nitro groups is 1. The summed E-state index contributed by atoms with van der Waals surface area (Å²) in [4.78, 5) is 10.0. The van der Waals surface area contributed by atoms with Crippen LogP contribution in [0.5, 0.6) is 5.75 Å². The molecule has 0 saturated heterocycles. The maximum absolute atomic E-state index is 10.5. The minimum Gasteiger partial charge on any atom is -0.491 e. The van der Waals surface area contributed by atoms with Crippen LogP contribution < -0.4 is 4.74 Å². The number of rotatable bonds is 12. The van der Waals surface area contributed by atoms with Gasteiger partial charge in [-0.2, -0.15) is 0 Å². The number of ether oxygens (including phenoxy) is 4. The number of benzene rings is 1. The number of terminal acetylenes is 1. The highest BCUT2D eigenvalue weighted by molar-refractivity contribution is 5.35. The summed E-state index contributed by atoms with van der Waals surface area (Å²) in [7, 11) is 0.